The highest BCUT2D eigenvalue weighted by Gasteiger charge is 2.05. The summed E-state index contributed by atoms with van der Waals surface area (Å²) in [5.41, 5.74) is 4.59. The van der Waals surface area contributed by atoms with E-state index < -0.39 is 0 Å². The Morgan fingerprint density at radius 3 is 2.88 bits per heavy atom. The van der Waals surface area contributed by atoms with E-state index in [0.717, 1.165) is 11.3 Å². The van der Waals surface area contributed by atoms with Gasteiger partial charge in [-0.05, 0) is 43.3 Å². The zero-order valence-electron chi connectivity index (χ0n) is 12.9. The summed E-state index contributed by atoms with van der Waals surface area (Å²) in [6, 6.07) is 14.4. The van der Waals surface area contributed by atoms with Crippen molar-refractivity contribution in [2.45, 2.75) is 6.92 Å². The SMILES string of the molecule is Cc1ccc(C(=O)N/N=C/c2ccc(-c3cccc(Cl)c3)o2)cn1. The monoisotopic (exact) mass is 339 g/mol. The molecule has 1 aromatic carbocycles. The van der Waals surface area contributed by atoms with Crippen LogP contribution in [-0.4, -0.2) is 17.1 Å². The maximum Gasteiger partial charge on any atom is 0.272 e. The number of aromatic nitrogens is 1. The van der Waals surface area contributed by atoms with Crippen LogP contribution in [0.4, 0.5) is 0 Å². The first-order chi connectivity index (χ1) is 11.6. The Labute approximate surface area is 144 Å². The van der Waals surface area contributed by atoms with E-state index in [1.807, 2.05) is 31.2 Å². The van der Waals surface area contributed by atoms with Crippen LogP contribution in [0.3, 0.4) is 0 Å². The zero-order valence-corrected chi connectivity index (χ0v) is 13.6. The van der Waals surface area contributed by atoms with Gasteiger partial charge in [-0.15, -0.1) is 0 Å². The molecule has 1 N–H and O–H groups in total. The maximum absolute atomic E-state index is 11.9. The number of halogens is 1. The summed E-state index contributed by atoms with van der Waals surface area (Å²) in [7, 11) is 0. The predicted molar refractivity (Wildman–Crippen MR) is 93.2 cm³/mol. The molecule has 5 nitrogen and oxygen atoms in total. The van der Waals surface area contributed by atoms with Crippen molar-refractivity contribution in [1.29, 1.82) is 0 Å². The second-order valence-electron chi connectivity index (χ2n) is 5.10. The highest BCUT2D eigenvalue weighted by molar-refractivity contribution is 6.30. The smallest absolute Gasteiger partial charge is 0.272 e. The van der Waals surface area contributed by atoms with Crippen LogP contribution >= 0.6 is 11.6 Å². The van der Waals surface area contributed by atoms with Gasteiger partial charge in [-0.2, -0.15) is 5.10 Å². The van der Waals surface area contributed by atoms with Crippen molar-refractivity contribution in [1.82, 2.24) is 10.4 Å². The maximum atomic E-state index is 11.9. The summed E-state index contributed by atoms with van der Waals surface area (Å²) in [6.45, 7) is 1.86. The van der Waals surface area contributed by atoms with E-state index >= 15 is 0 Å². The molecule has 2 aromatic heterocycles. The molecule has 0 aliphatic rings. The summed E-state index contributed by atoms with van der Waals surface area (Å²) in [4.78, 5) is 16.0. The first kappa shape index (κ1) is 16.0. The summed E-state index contributed by atoms with van der Waals surface area (Å²) in [5.74, 6) is 0.862. The molecule has 120 valence electrons. The number of furan rings is 1. The number of amides is 1. The van der Waals surface area contributed by atoms with Gasteiger partial charge >= 0.3 is 0 Å². The van der Waals surface area contributed by atoms with Gasteiger partial charge in [0.15, 0.2) is 0 Å². The number of nitrogens with one attached hydrogen (secondary N) is 1. The van der Waals surface area contributed by atoms with Gasteiger partial charge in [0.25, 0.3) is 5.91 Å². The molecule has 3 aromatic rings. The number of benzene rings is 1. The Kier molecular flexibility index (Phi) is 4.72. The number of nitrogens with zero attached hydrogens (tertiary/aromatic N) is 2. The van der Waals surface area contributed by atoms with Gasteiger partial charge in [-0.25, -0.2) is 5.43 Å². The highest BCUT2D eigenvalue weighted by atomic mass is 35.5. The lowest BCUT2D eigenvalue weighted by Crippen LogP contribution is -2.17. The van der Waals surface area contributed by atoms with E-state index in [9.17, 15) is 4.79 Å². The predicted octanol–water partition coefficient (Wildman–Crippen LogP) is 4.07. The molecule has 0 saturated carbocycles. The van der Waals surface area contributed by atoms with Crippen LogP contribution in [0, 0.1) is 6.92 Å². The van der Waals surface area contributed by atoms with Gasteiger partial charge in [-0.1, -0.05) is 23.7 Å². The van der Waals surface area contributed by atoms with Crippen molar-refractivity contribution in [2.75, 3.05) is 0 Å². The molecule has 0 fully saturated rings. The number of carbonyl (C=O) groups excluding carboxylic acids is 1. The average Bonchev–Trinajstić information content (AvgIpc) is 3.04. The minimum absolute atomic E-state index is 0.333. The van der Waals surface area contributed by atoms with E-state index in [4.69, 9.17) is 16.0 Å². The summed E-state index contributed by atoms with van der Waals surface area (Å²) < 4.78 is 5.66. The van der Waals surface area contributed by atoms with E-state index in [0.29, 0.717) is 22.1 Å². The molecule has 0 radical (unpaired) electrons. The number of carbonyl (C=O) groups is 1. The summed E-state index contributed by atoms with van der Waals surface area (Å²) >= 11 is 5.97. The van der Waals surface area contributed by atoms with Crippen LogP contribution in [-0.2, 0) is 0 Å². The Morgan fingerprint density at radius 1 is 1.25 bits per heavy atom. The Morgan fingerprint density at radius 2 is 2.12 bits per heavy atom. The molecular formula is C18H14ClN3O2. The molecule has 0 aliphatic carbocycles. The molecule has 6 heteroatoms. The van der Waals surface area contributed by atoms with Gasteiger partial charge in [0.05, 0.1) is 11.8 Å². The second kappa shape index (κ2) is 7.10. The third-order valence-corrected chi connectivity index (χ3v) is 3.50. The van der Waals surface area contributed by atoms with Gasteiger partial charge in [0.2, 0.25) is 0 Å². The largest absolute Gasteiger partial charge is 0.455 e. The topological polar surface area (TPSA) is 67.5 Å². The molecule has 24 heavy (non-hydrogen) atoms. The Balaban J connectivity index is 1.65. The van der Waals surface area contributed by atoms with Crippen LogP contribution in [0.5, 0.6) is 0 Å². The minimum Gasteiger partial charge on any atom is -0.455 e. The summed E-state index contributed by atoms with van der Waals surface area (Å²) in [5, 5.41) is 4.53. The van der Waals surface area contributed by atoms with E-state index in [1.165, 1.54) is 12.4 Å². The third kappa shape index (κ3) is 3.88. The second-order valence-corrected chi connectivity index (χ2v) is 5.54. The fourth-order valence-corrected chi connectivity index (χ4v) is 2.23. The first-order valence-corrected chi connectivity index (χ1v) is 7.61. The van der Waals surface area contributed by atoms with Crippen LogP contribution < -0.4 is 5.43 Å². The standard InChI is InChI=1S/C18H14ClN3O2/c1-12-5-6-14(10-20-12)18(23)22-21-11-16-7-8-17(24-16)13-3-2-4-15(19)9-13/h2-11H,1H3,(H,22,23)/b21-11+. The molecule has 0 saturated heterocycles. The van der Waals surface area contributed by atoms with Gasteiger partial charge in [0, 0.05) is 22.5 Å². The Bertz CT molecular complexity index is 885. The lowest BCUT2D eigenvalue weighted by atomic mass is 10.2. The third-order valence-electron chi connectivity index (χ3n) is 3.27. The van der Waals surface area contributed by atoms with Crippen LogP contribution in [0.2, 0.25) is 5.02 Å². The first-order valence-electron chi connectivity index (χ1n) is 7.24. The van der Waals surface area contributed by atoms with Crippen molar-refractivity contribution in [3.63, 3.8) is 0 Å². The summed E-state index contributed by atoms with van der Waals surface area (Å²) in [6.07, 6.45) is 2.94. The normalized spacial score (nSPS) is 10.9. The molecule has 1 amide bonds. The zero-order chi connectivity index (χ0) is 16.9. The molecule has 0 spiro atoms. The molecule has 0 unspecified atom stereocenters. The van der Waals surface area contributed by atoms with E-state index in [-0.39, 0.29) is 5.91 Å². The molecule has 2 heterocycles. The quantitative estimate of drug-likeness (QED) is 0.575. The fourth-order valence-electron chi connectivity index (χ4n) is 2.04. The number of hydrogen-bond acceptors (Lipinski definition) is 4. The highest BCUT2D eigenvalue weighted by Crippen LogP contribution is 2.24. The van der Waals surface area contributed by atoms with Gasteiger partial charge in [-0.3, -0.25) is 9.78 Å². The number of aryl methyl sites for hydroxylation is 1. The minimum atomic E-state index is -0.333. The van der Waals surface area contributed by atoms with Crippen LogP contribution in [0.15, 0.2) is 64.2 Å². The van der Waals surface area contributed by atoms with Crippen LogP contribution in [0.25, 0.3) is 11.3 Å². The van der Waals surface area contributed by atoms with E-state index in [2.05, 4.69) is 15.5 Å². The molecular weight excluding hydrogens is 326 g/mol. The number of rotatable bonds is 4. The van der Waals surface area contributed by atoms with Crippen molar-refractivity contribution >= 4 is 23.7 Å². The average molecular weight is 340 g/mol. The number of hydrazone groups is 1. The molecule has 0 aliphatic heterocycles. The van der Waals surface area contributed by atoms with Gasteiger partial charge < -0.3 is 4.42 Å². The lowest BCUT2D eigenvalue weighted by Gasteiger charge is -1.99. The number of pyridine rings is 1. The van der Waals surface area contributed by atoms with Crippen molar-refractivity contribution in [3.8, 4) is 11.3 Å². The Hall–Kier alpha value is -2.92. The molecule has 0 atom stereocenters. The van der Waals surface area contributed by atoms with Crippen LogP contribution in [0.1, 0.15) is 21.8 Å². The number of hydrogen-bond donors (Lipinski definition) is 1. The molecule has 0 bridgehead atoms. The molecule has 3 rings (SSSR count). The van der Waals surface area contributed by atoms with Crippen molar-refractivity contribution in [3.05, 3.63) is 76.8 Å². The van der Waals surface area contributed by atoms with Crippen molar-refractivity contribution < 1.29 is 9.21 Å². The van der Waals surface area contributed by atoms with Crippen molar-refractivity contribution in [2.24, 2.45) is 5.10 Å². The fraction of sp³-hybridized carbons (Fsp3) is 0.0556. The van der Waals surface area contributed by atoms with Gasteiger partial charge in [0.1, 0.15) is 11.5 Å². The lowest BCUT2D eigenvalue weighted by molar-refractivity contribution is 0.0954. The van der Waals surface area contributed by atoms with E-state index in [1.54, 1.807) is 24.3 Å².